The third-order valence-electron chi connectivity index (χ3n) is 3.37. The molecule has 1 heterocycles. The fourth-order valence-electron chi connectivity index (χ4n) is 2.46. The molecule has 1 aliphatic heterocycles. The second kappa shape index (κ2) is 4.45. The minimum absolute atomic E-state index is 0.164. The molecule has 1 aromatic rings. The van der Waals surface area contributed by atoms with Gasteiger partial charge in [-0.25, -0.2) is 0 Å². The van der Waals surface area contributed by atoms with Crippen LogP contribution in [0, 0.1) is 0 Å². The lowest BCUT2D eigenvalue weighted by atomic mass is 10.2. The standard InChI is InChI=1S/C13H17NO3/c15-11-3-1-2-10(11)14-9-4-5-12-13(8-9)17-7-6-16-12/h4-5,8,10-11,14-15H,1-3,6-7H2/t10-,11-/m1/s1. The van der Waals surface area contributed by atoms with Crippen LogP contribution in [0.4, 0.5) is 5.69 Å². The lowest BCUT2D eigenvalue weighted by Gasteiger charge is -2.21. The van der Waals surface area contributed by atoms with Crippen molar-refractivity contribution in [2.24, 2.45) is 0 Å². The lowest BCUT2D eigenvalue weighted by Crippen LogP contribution is -2.28. The number of nitrogens with one attached hydrogen (secondary N) is 1. The van der Waals surface area contributed by atoms with Crippen LogP contribution in [-0.4, -0.2) is 30.5 Å². The number of fused-ring (bicyclic) bond motifs is 1. The Kier molecular flexibility index (Phi) is 2.81. The van der Waals surface area contributed by atoms with Crippen molar-refractivity contribution in [3.8, 4) is 11.5 Å². The molecule has 0 unspecified atom stereocenters. The largest absolute Gasteiger partial charge is 0.486 e. The zero-order valence-electron chi connectivity index (χ0n) is 9.69. The highest BCUT2D eigenvalue weighted by Gasteiger charge is 2.25. The van der Waals surface area contributed by atoms with E-state index in [0.717, 1.165) is 36.4 Å². The van der Waals surface area contributed by atoms with Crippen LogP contribution in [-0.2, 0) is 0 Å². The first kappa shape index (κ1) is 10.7. The highest BCUT2D eigenvalue weighted by atomic mass is 16.6. The second-order valence-electron chi connectivity index (χ2n) is 4.61. The van der Waals surface area contributed by atoms with E-state index in [9.17, 15) is 5.11 Å². The smallest absolute Gasteiger partial charge is 0.163 e. The molecule has 2 N–H and O–H groups in total. The third kappa shape index (κ3) is 2.17. The van der Waals surface area contributed by atoms with Gasteiger partial charge in [-0.3, -0.25) is 0 Å². The molecule has 17 heavy (non-hydrogen) atoms. The molecule has 0 bridgehead atoms. The molecule has 92 valence electrons. The van der Waals surface area contributed by atoms with Gasteiger partial charge in [-0.15, -0.1) is 0 Å². The molecule has 1 aliphatic carbocycles. The number of hydrogen-bond acceptors (Lipinski definition) is 4. The topological polar surface area (TPSA) is 50.7 Å². The van der Waals surface area contributed by atoms with Crippen LogP contribution < -0.4 is 14.8 Å². The predicted octanol–water partition coefficient (Wildman–Crippen LogP) is 1.78. The van der Waals surface area contributed by atoms with Crippen LogP contribution >= 0.6 is 0 Å². The fourth-order valence-corrected chi connectivity index (χ4v) is 2.46. The van der Waals surface area contributed by atoms with Crippen molar-refractivity contribution in [3.05, 3.63) is 18.2 Å². The monoisotopic (exact) mass is 235 g/mol. The van der Waals surface area contributed by atoms with Gasteiger partial charge in [-0.2, -0.15) is 0 Å². The molecule has 2 atom stereocenters. The molecule has 4 nitrogen and oxygen atoms in total. The normalized spacial score (nSPS) is 26.9. The maximum Gasteiger partial charge on any atom is 0.163 e. The summed E-state index contributed by atoms with van der Waals surface area (Å²) in [6.07, 6.45) is 2.77. The Balaban J connectivity index is 1.75. The summed E-state index contributed by atoms with van der Waals surface area (Å²) in [5.41, 5.74) is 0.986. The van der Waals surface area contributed by atoms with Crippen molar-refractivity contribution < 1.29 is 14.6 Å². The van der Waals surface area contributed by atoms with Crippen LogP contribution in [0.25, 0.3) is 0 Å². The molecular formula is C13H17NO3. The van der Waals surface area contributed by atoms with Crippen LogP contribution in [0.5, 0.6) is 11.5 Å². The maximum atomic E-state index is 9.77. The first-order chi connectivity index (χ1) is 8.33. The first-order valence-electron chi connectivity index (χ1n) is 6.17. The van der Waals surface area contributed by atoms with Gasteiger partial charge in [0.05, 0.1) is 12.1 Å². The molecule has 1 saturated carbocycles. The molecule has 1 aromatic carbocycles. The summed E-state index contributed by atoms with van der Waals surface area (Å²) in [7, 11) is 0. The summed E-state index contributed by atoms with van der Waals surface area (Å²) in [5, 5.41) is 13.1. The Morgan fingerprint density at radius 2 is 1.94 bits per heavy atom. The zero-order chi connectivity index (χ0) is 11.7. The molecule has 4 heteroatoms. The van der Waals surface area contributed by atoms with E-state index in [1.54, 1.807) is 0 Å². The number of ether oxygens (including phenoxy) is 2. The fraction of sp³-hybridized carbons (Fsp3) is 0.538. The Bertz CT molecular complexity index is 408. The number of aliphatic hydroxyl groups excluding tert-OH is 1. The molecule has 2 aliphatic rings. The molecular weight excluding hydrogens is 218 g/mol. The number of anilines is 1. The van der Waals surface area contributed by atoms with Crippen molar-refractivity contribution >= 4 is 5.69 Å². The SMILES string of the molecule is O[C@@H]1CCC[C@H]1Nc1ccc2c(c1)OCCO2. The van der Waals surface area contributed by atoms with Crippen LogP contribution in [0.15, 0.2) is 18.2 Å². The van der Waals surface area contributed by atoms with Gasteiger partial charge in [-0.1, -0.05) is 0 Å². The van der Waals surface area contributed by atoms with Crippen molar-refractivity contribution in [3.63, 3.8) is 0 Å². The Labute approximate surface area is 101 Å². The highest BCUT2D eigenvalue weighted by Crippen LogP contribution is 2.33. The van der Waals surface area contributed by atoms with Crippen LogP contribution in [0.2, 0.25) is 0 Å². The van der Waals surface area contributed by atoms with E-state index >= 15 is 0 Å². The van der Waals surface area contributed by atoms with E-state index in [-0.39, 0.29) is 12.1 Å². The predicted molar refractivity (Wildman–Crippen MR) is 64.7 cm³/mol. The highest BCUT2D eigenvalue weighted by molar-refractivity contribution is 5.55. The Hall–Kier alpha value is -1.42. The average Bonchev–Trinajstić information content (AvgIpc) is 2.75. The Morgan fingerprint density at radius 3 is 2.71 bits per heavy atom. The van der Waals surface area contributed by atoms with Crippen molar-refractivity contribution in [2.45, 2.75) is 31.4 Å². The van der Waals surface area contributed by atoms with E-state index in [1.807, 2.05) is 18.2 Å². The van der Waals surface area contributed by atoms with Gasteiger partial charge >= 0.3 is 0 Å². The Morgan fingerprint density at radius 1 is 1.12 bits per heavy atom. The molecule has 0 saturated heterocycles. The maximum absolute atomic E-state index is 9.77. The molecule has 0 aromatic heterocycles. The molecule has 3 rings (SSSR count). The van der Waals surface area contributed by atoms with E-state index in [4.69, 9.17) is 9.47 Å². The van der Waals surface area contributed by atoms with Gasteiger partial charge in [0, 0.05) is 11.8 Å². The van der Waals surface area contributed by atoms with E-state index in [2.05, 4.69) is 5.32 Å². The van der Waals surface area contributed by atoms with Gasteiger partial charge in [0.2, 0.25) is 0 Å². The minimum atomic E-state index is -0.233. The van der Waals surface area contributed by atoms with Gasteiger partial charge in [0.25, 0.3) is 0 Å². The molecule has 0 spiro atoms. The zero-order valence-corrected chi connectivity index (χ0v) is 9.69. The van der Waals surface area contributed by atoms with E-state index < -0.39 is 0 Å². The van der Waals surface area contributed by atoms with Crippen molar-refractivity contribution in [2.75, 3.05) is 18.5 Å². The minimum Gasteiger partial charge on any atom is -0.486 e. The third-order valence-corrected chi connectivity index (χ3v) is 3.37. The summed E-state index contributed by atoms with van der Waals surface area (Å²) in [5.74, 6) is 1.59. The summed E-state index contributed by atoms with van der Waals surface area (Å²) in [4.78, 5) is 0. The average molecular weight is 235 g/mol. The summed E-state index contributed by atoms with van der Waals surface area (Å²) in [6.45, 7) is 1.21. The van der Waals surface area contributed by atoms with Gasteiger partial charge in [0.15, 0.2) is 11.5 Å². The van der Waals surface area contributed by atoms with E-state index in [0.29, 0.717) is 13.2 Å². The molecule has 0 radical (unpaired) electrons. The molecule has 1 fully saturated rings. The van der Waals surface area contributed by atoms with Gasteiger partial charge < -0.3 is 19.9 Å². The van der Waals surface area contributed by atoms with Crippen molar-refractivity contribution in [1.29, 1.82) is 0 Å². The number of aliphatic hydroxyl groups is 1. The van der Waals surface area contributed by atoms with Gasteiger partial charge in [-0.05, 0) is 31.4 Å². The number of hydrogen-bond donors (Lipinski definition) is 2. The lowest BCUT2D eigenvalue weighted by molar-refractivity contribution is 0.170. The first-order valence-corrected chi connectivity index (χ1v) is 6.17. The van der Waals surface area contributed by atoms with Crippen molar-refractivity contribution in [1.82, 2.24) is 0 Å². The number of rotatable bonds is 2. The molecule has 0 amide bonds. The summed E-state index contributed by atoms with van der Waals surface area (Å²) >= 11 is 0. The quantitative estimate of drug-likeness (QED) is 0.820. The van der Waals surface area contributed by atoms with Crippen LogP contribution in [0.3, 0.4) is 0 Å². The summed E-state index contributed by atoms with van der Waals surface area (Å²) in [6, 6.07) is 5.99. The number of benzene rings is 1. The van der Waals surface area contributed by atoms with Crippen LogP contribution in [0.1, 0.15) is 19.3 Å². The second-order valence-corrected chi connectivity index (χ2v) is 4.61. The summed E-state index contributed by atoms with van der Waals surface area (Å²) < 4.78 is 11.0. The van der Waals surface area contributed by atoms with Gasteiger partial charge in [0.1, 0.15) is 13.2 Å². The van der Waals surface area contributed by atoms with E-state index in [1.165, 1.54) is 0 Å².